The largest absolute Gasteiger partial charge is 0.476 e. The van der Waals surface area contributed by atoms with Crippen LogP contribution in [0.2, 0.25) is 0 Å². The SMILES string of the molecule is CC(O)[C@H]1C(=O)N2C(C(=O)O)=C(n3cnnn3)S[C@H]12. The second-order valence-electron chi connectivity index (χ2n) is 4.20. The molecule has 9 nitrogen and oxygen atoms in total. The van der Waals surface area contributed by atoms with E-state index in [-0.39, 0.29) is 10.7 Å². The molecular formula is C9H9N5O4S. The Balaban J connectivity index is 2.01. The van der Waals surface area contributed by atoms with Crippen molar-refractivity contribution < 1.29 is 19.8 Å². The number of amides is 1. The molecule has 0 radical (unpaired) electrons. The molecule has 3 rings (SSSR count). The van der Waals surface area contributed by atoms with Gasteiger partial charge in [0.25, 0.3) is 0 Å². The summed E-state index contributed by atoms with van der Waals surface area (Å²) in [5, 5.41) is 29.2. The van der Waals surface area contributed by atoms with Crippen LogP contribution in [0.1, 0.15) is 6.92 Å². The van der Waals surface area contributed by atoms with Gasteiger partial charge in [-0.25, -0.2) is 4.79 Å². The molecule has 0 aromatic carbocycles. The molecule has 2 aliphatic rings. The minimum atomic E-state index is -1.22. The fourth-order valence-corrected chi connectivity index (χ4v) is 3.70. The van der Waals surface area contributed by atoms with E-state index in [1.165, 1.54) is 22.8 Å². The summed E-state index contributed by atoms with van der Waals surface area (Å²) < 4.78 is 1.21. The van der Waals surface area contributed by atoms with Gasteiger partial charge in [0.1, 0.15) is 16.7 Å². The zero-order valence-corrected chi connectivity index (χ0v) is 10.5. The third kappa shape index (κ3) is 1.56. The lowest BCUT2D eigenvalue weighted by molar-refractivity contribution is -0.156. The summed E-state index contributed by atoms with van der Waals surface area (Å²) in [5.74, 6) is -2.22. The Morgan fingerprint density at radius 2 is 2.32 bits per heavy atom. The number of carbonyl (C=O) groups excluding carboxylic acids is 1. The molecule has 100 valence electrons. The predicted octanol–water partition coefficient (Wildman–Crippen LogP) is -1.20. The molecule has 3 atom stereocenters. The maximum absolute atomic E-state index is 11.9. The van der Waals surface area contributed by atoms with Crippen LogP contribution < -0.4 is 0 Å². The minimum absolute atomic E-state index is 0.149. The van der Waals surface area contributed by atoms with E-state index >= 15 is 0 Å². The summed E-state index contributed by atoms with van der Waals surface area (Å²) >= 11 is 1.16. The van der Waals surface area contributed by atoms with Crippen molar-refractivity contribution in [2.24, 2.45) is 5.92 Å². The number of β-lactam (4-membered cyclic amide) rings is 1. The molecular weight excluding hydrogens is 274 g/mol. The molecule has 0 saturated carbocycles. The number of fused-ring (bicyclic) bond motifs is 1. The Labute approximate surface area is 110 Å². The van der Waals surface area contributed by atoms with Crippen LogP contribution in [0.5, 0.6) is 0 Å². The molecule has 1 saturated heterocycles. The van der Waals surface area contributed by atoms with Crippen molar-refractivity contribution in [3.8, 4) is 0 Å². The van der Waals surface area contributed by atoms with Crippen LogP contribution in [0.3, 0.4) is 0 Å². The van der Waals surface area contributed by atoms with Crippen LogP contribution in [-0.2, 0) is 9.59 Å². The van der Waals surface area contributed by atoms with E-state index in [9.17, 15) is 19.8 Å². The monoisotopic (exact) mass is 283 g/mol. The van der Waals surface area contributed by atoms with Crippen molar-refractivity contribution in [3.05, 3.63) is 12.0 Å². The van der Waals surface area contributed by atoms with E-state index < -0.39 is 29.3 Å². The van der Waals surface area contributed by atoms with Crippen molar-refractivity contribution in [2.45, 2.75) is 18.4 Å². The first-order chi connectivity index (χ1) is 9.02. The number of carboxylic acids is 1. The summed E-state index contributed by atoms with van der Waals surface area (Å²) in [6.07, 6.45) is 0.434. The zero-order chi connectivity index (χ0) is 13.7. The topological polar surface area (TPSA) is 121 Å². The average molecular weight is 283 g/mol. The van der Waals surface area contributed by atoms with E-state index in [0.29, 0.717) is 0 Å². The zero-order valence-electron chi connectivity index (χ0n) is 9.66. The summed E-state index contributed by atoms with van der Waals surface area (Å²) in [6.45, 7) is 1.51. The smallest absolute Gasteiger partial charge is 0.355 e. The third-order valence-corrected chi connectivity index (χ3v) is 4.39. The number of aliphatic hydroxyl groups excluding tert-OH is 1. The number of tetrazole rings is 1. The lowest BCUT2D eigenvalue weighted by atomic mass is 9.92. The third-order valence-electron chi connectivity index (χ3n) is 3.04. The van der Waals surface area contributed by atoms with Gasteiger partial charge in [-0.05, 0) is 17.4 Å². The summed E-state index contributed by atoms with van der Waals surface area (Å²) in [6, 6.07) is 0. The molecule has 1 unspecified atom stereocenters. The molecule has 3 heterocycles. The molecule has 1 aromatic heterocycles. The molecule has 1 aromatic rings. The first-order valence-electron chi connectivity index (χ1n) is 5.41. The Kier molecular flexibility index (Phi) is 2.57. The Morgan fingerprint density at radius 3 is 2.84 bits per heavy atom. The van der Waals surface area contributed by atoms with Gasteiger partial charge in [-0.15, -0.1) is 5.10 Å². The number of rotatable bonds is 3. The number of thioether (sulfide) groups is 1. The quantitative estimate of drug-likeness (QED) is 0.663. The number of aliphatic carboxylic acids is 1. The van der Waals surface area contributed by atoms with Crippen LogP contribution in [0, 0.1) is 5.92 Å². The molecule has 0 spiro atoms. The van der Waals surface area contributed by atoms with Crippen LogP contribution in [-0.4, -0.2) is 58.7 Å². The van der Waals surface area contributed by atoms with Gasteiger partial charge in [-0.3, -0.25) is 9.69 Å². The normalized spacial score (nSPS) is 27.3. The van der Waals surface area contributed by atoms with Gasteiger partial charge < -0.3 is 10.2 Å². The number of hydrogen-bond donors (Lipinski definition) is 2. The number of nitrogens with zero attached hydrogens (tertiary/aromatic N) is 5. The Hall–Kier alpha value is -1.94. The van der Waals surface area contributed by atoms with Crippen molar-refractivity contribution in [1.82, 2.24) is 25.1 Å². The lowest BCUT2D eigenvalue weighted by Crippen LogP contribution is -2.60. The van der Waals surface area contributed by atoms with E-state index in [1.54, 1.807) is 0 Å². The minimum Gasteiger partial charge on any atom is -0.476 e. The molecule has 2 N–H and O–H groups in total. The first kappa shape index (κ1) is 12.1. The number of carboxylic acid groups (broad SMARTS) is 1. The van der Waals surface area contributed by atoms with E-state index in [0.717, 1.165) is 11.8 Å². The highest BCUT2D eigenvalue weighted by atomic mass is 32.2. The van der Waals surface area contributed by atoms with E-state index in [2.05, 4.69) is 15.5 Å². The predicted molar refractivity (Wildman–Crippen MR) is 62.1 cm³/mol. The highest BCUT2D eigenvalue weighted by Crippen LogP contribution is 2.51. The van der Waals surface area contributed by atoms with Crippen molar-refractivity contribution >= 4 is 28.7 Å². The van der Waals surface area contributed by atoms with Gasteiger partial charge in [-0.1, -0.05) is 11.8 Å². The summed E-state index contributed by atoms with van der Waals surface area (Å²) in [7, 11) is 0. The number of hydrogen-bond acceptors (Lipinski definition) is 7. The molecule has 10 heteroatoms. The van der Waals surface area contributed by atoms with Crippen LogP contribution >= 0.6 is 11.8 Å². The van der Waals surface area contributed by atoms with E-state index in [1.807, 2.05) is 0 Å². The average Bonchev–Trinajstić information content (AvgIpc) is 2.92. The van der Waals surface area contributed by atoms with Crippen LogP contribution in [0.4, 0.5) is 0 Å². The van der Waals surface area contributed by atoms with Crippen LogP contribution in [0.25, 0.3) is 5.03 Å². The highest BCUT2D eigenvalue weighted by molar-refractivity contribution is 8.08. The van der Waals surface area contributed by atoms with Gasteiger partial charge in [0.15, 0.2) is 5.70 Å². The Morgan fingerprint density at radius 1 is 1.58 bits per heavy atom. The highest BCUT2D eigenvalue weighted by Gasteiger charge is 2.58. The second-order valence-corrected chi connectivity index (χ2v) is 5.30. The fraction of sp³-hybridized carbons (Fsp3) is 0.444. The van der Waals surface area contributed by atoms with Crippen molar-refractivity contribution in [2.75, 3.05) is 0 Å². The van der Waals surface area contributed by atoms with Crippen molar-refractivity contribution in [1.29, 1.82) is 0 Å². The van der Waals surface area contributed by atoms with Gasteiger partial charge >= 0.3 is 5.97 Å². The molecule has 2 aliphatic heterocycles. The molecule has 1 amide bonds. The summed E-state index contributed by atoms with van der Waals surface area (Å²) in [4.78, 5) is 24.4. The number of aliphatic hydroxyl groups is 1. The molecule has 0 bridgehead atoms. The molecule has 1 fully saturated rings. The van der Waals surface area contributed by atoms with Crippen molar-refractivity contribution in [3.63, 3.8) is 0 Å². The maximum atomic E-state index is 11.9. The lowest BCUT2D eigenvalue weighted by Gasteiger charge is -2.43. The van der Waals surface area contributed by atoms with Gasteiger partial charge in [0.05, 0.1) is 12.0 Å². The maximum Gasteiger partial charge on any atom is 0.355 e. The standard InChI is InChI=1S/C9H9N5O4S/c1-3(15)4-6(16)14-5(9(17)18)8(19-7(4)14)13-2-10-11-12-13/h2-4,7,15H,1H3,(H,17,18)/t3?,4-,7+/m0/s1. The second kappa shape index (κ2) is 4.03. The summed E-state index contributed by atoms with van der Waals surface area (Å²) in [5.41, 5.74) is -0.149. The molecule has 0 aliphatic carbocycles. The first-order valence-corrected chi connectivity index (χ1v) is 6.29. The van der Waals surface area contributed by atoms with E-state index in [4.69, 9.17) is 0 Å². The fourth-order valence-electron chi connectivity index (χ4n) is 2.18. The Bertz CT molecular complexity index is 583. The number of carbonyl (C=O) groups is 2. The number of aromatic nitrogens is 4. The molecule has 19 heavy (non-hydrogen) atoms. The van der Waals surface area contributed by atoms with Gasteiger partial charge in [-0.2, -0.15) is 4.68 Å². The van der Waals surface area contributed by atoms with Gasteiger partial charge in [0, 0.05) is 0 Å². The van der Waals surface area contributed by atoms with Crippen LogP contribution in [0.15, 0.2) is 12.0 Å². The van der Waals surface area contributed by atoms with Gasteiger partial charge in [0.2, 0.25) is 5.91 Å².